The number of hydrogen-bond donors (Lipinski definition) is 4. The fraction of sp³-hybridized carbons (Fsp3) is 0.700. The quantitative estimate of drug-likeness (QED) is 0.458. The summed E-state index contributed by atoms with van der Waals surface area (Å²) in [7, 11) is 0. The summed E-state index contributed by atoms with van der Waals surface area (Å²) in [6.07, 6.45) is -1.25. The summed E-state index contributed by atoms with van der Waals surface area (Å²) in [5, 5.41) is 26.8. The lowest BCUT2D eigenvalue weighted by molar-refractivity contribution is -0.149. The first-order valence-electron chi connectivity index (χ1n) is 5.51. The van der Waals surface area contributed by atoms with E-state index in [1.54, 1.807) is 0 Å². The number of amides is 1. The molecule has 3 atom stereocenters. The first kappa shape index (κ1) is 14.4. The second-order valence-electron chi connectivity index (χ2n) is 4.27. The Hall–Kier alpha value is -1.67. The highest BCUT2D eigenvalue weighted by Crippen LogP contribution is 2.19. The summed E-state index contributed by atoms with van der Waals surface area (Å²) in [6.45, 7) is -0.0867. The van der Waals surface area contributed by atoms with Crippen LogP contribution in [0, 0.1) is 0 Å². The zero-order valence-electron chi connectivity index (χ0n) is 9.65. The van der Waals surface area contributed by atoms with Crippen LogP contribution in [0.25, 0.3) is 0 Å². The Bertz CT molecular complexity index is 358. The molecule has 1 aliphatic rings. The fourth-order valence-electron chi connectivity index (χ4n) is 1.91. The number of hydrogen-bond acceptors (Lipinski definition) is 5. The number of β-amino-alcohol motifs (C(OH)–C–C–N with tert-alkyl or cyclic N) is 1. The van der Waals surface area contributed by atoms with Gasteiger partial charge in [-0.2, -0.15) is 0 Å². The van der Waals surface area contributed by atoms with Gasteiger partial charge in [0.2, 0.25) is 5.91 Å². The third-order valence-electron chi connectivity index (χ3n) is 2.83. The number of carbonyl (C=O) groups excluding carboxylic acids is 1. The largest absolute Gasteiger partial charge is 0.481 e. The van der Waals surface area contributed by atoms with Crippen LogP contribution in [0.3, 0.4) is 0 Å². The normalized spacial score (nSPS) is 24.9. The van der Waals surface area contributed by atoms with Crippen LogP contribution in [-0.4, -0.2) is 62.8 Å². The topological polar surface area (TPSA) is 141 Å². The number of aliphatic hydroxyl groups excluding tert-OH is 1. The molecule has 0 aromatic rings. The van der Waals surface area contributed by atoms with Gasteiger partial charge < -0.3 is 26.0 Å². The van der Waals surface area contributed by atoms with Crippen molar-refractivity contribution in [3.05, 3.63) is 0 Å². The molecule has 1 amide bonds. The number of aliphatic carboxylic acids is 2. The Morgan fingerprint density at radius 2 is 1.94 bits per heavy atom. The minimum absolute atomic E-state index is 0.0350. The van der Waals surface area contributed by atoms with Crippen LogP contribution in [0.2, 0.25) is 0 Å². The molecule has 8 nitrogen and oxygen atoms in total. The van der Waals surface area contributed by atoms with Crippen molar-refractivity contribution in [3.8, 4) is 0 Å². The molecule has 1 saturated heterocycles. The van der Waals surface area contributed by atoms with E-state index in [4.69, 9.17) is 15.9 Å². The van der Waals surface area contributed by atoms with Gasteiger partial charge in [-0.3, -0.25) is 9.59 Å². The van der Waals surface area contributed by atoms with E-state index in [-0.39, 0.29) is 25.8 Å². The smallest absolute Gasteiger partial charge is 0.326 e. The van der Waals surface area contributed by atoms with E-state index in [1.807, 2.05) is 0 Å². The Balaban J connectivity index is 2.64. The van der Waals surface area contributed by atoms with Gasteiger partial charge in [-0.05, 0) is 6.42 Å². The molecule has 0 spiro atoms. The predicted molar refractivity (Wildman–Crippen MR) is 58.6 cm³/mol. The Morgan fingerprint density at radius 1 is 1.33 bits per heavy atom. The predicted octanol–water partition coefficient (Wildman–Crippen LogP) is -1.78. The van der Waals surface area contributed by atoms with Crippen molar-refractivity contribution in [2.45, 2.75) is 37.5 Å². The van der Waals surface area contributed by atoms with E-state index in [0.717, 1.165) is 4.90 Å². The van der Waals surface area contributed by atoms with Crippen molar-refractivity contribution in [1.82, 2.24) is 4.90 Å². The number of nitrogens with two attached hydrogens (primary N) is 1. The third-order valence-corrected chi connectivity index (χ3v) is 2.83. The SMILES string of the molecule is NC(CCC(=O)O)C(=O)N1C[C@H](O)C[C@H]1C(=O)O. The van der Waals surface area contributed by atoms with E-state index >= 15 is 0 Å². The molecule has 1 unspecified atom stereocenters. The maximum atomic E-state index is 11.9. The average Bonchev–Trinajstić information content (AvgIpc) is 2.67. The zero-order chi connectivity index (χ0) is 13.9. The lowest BCUT2D eigenvalue weighted by atomic mass is 10.1. The molecule has 1 heterocycles. The van der Waals surface area contributed by atoms with Crippen LogP contribution in [0.15, 0.2) is 0 Å². The molecular formula is C10H16N2O6. The molecule has 1 fully saturated rings. The monoisotopic (exact) mass is 260 g/mol. The molecule has 0 radical (unpaired) electrons. The third kappa shape index (κ3) is 3.41. The number of aliphatic hydroxyl groups is 1. The molecule has 5 N–H and O–H groups in total. The number of carboxylic acids is 2. The van der Waals surface area contributed by atoms with Crippen molar-refractivity contribution in [3.63, 3.8) is 0 Å². The average molecular weight is 260 g/mol. The highest BCUT2D eigenvalue weighted by Gasteiger charge is 2.40. The van der Waals surface area contributed by atoms with Gasteiger partial charge in [0.25, 0.3) is 0 Å². The molecule has 0 aliphatic carbocycles. The van der Waals surface area contributed by atoms with Crippen molar-refractivity contribution in [2.75, 3.05) is 6.54 Å². The highest BCUT2D eigenvalue weighted by atomic mass is 16.4. The van der Waals surface area contributed by atoms with Crippen LogP contribution in [-0.2, 0) is 14.4 Å². The van der Waals surface area contributed by atoms with Gasteiger partial charge in [0, 0.05) is 19.4 Å². The maximum absolute atomic E-state index is 11.9. The van der Waals surface area contributed by atoms with E-state index in [9.17, 15) is 19.5 Å². The van der Waals surface area contributed by atoms with Gasteiger partial charge in [0.1, 0.15) is 6.04 Å². The molecule has 1 rings (SSSR count). The number of nitrogens with zero attached hydrogens (tertiary/aromatic N) is 1. The van der Waals surface area contributed by atoms with Gasteiger partial charge in [-0.25, -0.2) is 4.79 Å². The summed E-state index contributed by atoms with van der Waals surface area (Å²) in [6, 6.07) is -2.16. The minimum Gasteiger partial charge on any atom is -0.481 e. The van der Waals surface area contributed by atoms with Gasteiger partial charge in [-0.1, -0.05) is 0 Å². The van der Waals surface area contributed by atoms with Crippen LogP contribution in [0.1, 0.15) is 19.3 Å². The molecule has 8 heteroatoms. The standard InChI is InChI=1S/C10H16N2O6/c11-6(1-2-8(14)15)9(16)12-4-5(13)3-7(12)10(17)18/h5-7,13H,1-4,11H2,(H,14,15)(H,17,18)/t5-,6?,7+/m1/s1. The van der Waals surface area contributed by atoms with Gasteiger partial charge in [0.15, 0.2) is 0 Å². The van der Waals surface area contributed by atoms with Gasteiger partial charge in [0.05, 0.1) is 12.1 Å². The molecule has 102 valence electrons. The highest BCUT2D eigenvalue weighted by molar-refractivity contribution is 5.87. The first-order valence-corrected chi connectivity index (χ1v) is 5.51. The first-order chi connectivity index (χ1) is 8.32. The van der Waals surface area contributed by atoms with E-state index < -0.39 is 36.0 Å². The lowest BCUT2D eigenvalue weighted by Crippen LogP contribution is -2.48. The molecular weight excluding hydrogens is 244 g/mol. The second-order valence-corrected chi connectivity index (χ2v) is 4.27. The van der Waals surface area contributed by atoms with Crippen LogP contribution >= 0.6 is 0 Å². The zero-order valence-corrected chi connectivity index (χ0v) is 9.65. The Labute approximate surface area is 103 Å². The van der Waals surface area contributed by atoms with Crippen LogP contribution in [0.4, 0.5) is 0 Å². The number of rotatable bonds is 5. The molecule has 0 bridgehead atoms. The minimum atomic E-state index is -1.20. The lowest BCUT2D eigenvalue weighted by Gasteiger charge is -2.24. The van der Waals surface area contributed by atoms with Gasteiger partial charge in [-0.15, -0.1) is 0 Å². The summed E-state index contributed by atoms with van der Waals surface area (Å²) in [5.74, 6) is -2.92. The van der Waals surface area contributed by atoms with Crippen molar-refractivity contribution >= 4 is 17.8 Å². The van der Waals surface area contributed by atoms with E-state index in [0.29, 0.717) is 0 Å². The number of likely N-dealkylation sites (tertiary alicyclic amines) is 1. The van der Waals surface area contributed by atoms with E-state index in [2.05, 4.69) is 0 Å². The molecule has 1 aliphatic heterocycles. The molecule has 0 aromatic heterocycles. The Kier molecular flexibility index (Phi) is 4.62. The van der Waals surface area contributed by atoms with Crippen molar-refractivity contribution in [2.24, 2.45) is 5.73 Å². The summed E-state index contributed by atoms with van der Waals surface area (Å²) >= 11 is 0. The van der Waals surface area contributed by atoms with Gasteiger partial charge >= 0.3 is 11.9 Å². The second kappa shape index (κ2) is 5.78. The number of carboxylic acid groups (broad SMARTS) is 2. The van der Waals surface area contributed by atoms with E-state index in [1.165, 1.54) is 0 Å². The van der Waals surface area contributed by atoms with Crippen LogP contribution in [0.5, 0.6) is 0 Å². The summed E-state index contributed by atoms with van der Waals surface area (Å²) < 4.78 is 0. The van der Waals surface area contributed by atoms with Crippen molar-refractivity contribution in [1.29, 1.82) is 0 Å². The van der Waals surface area contributed by atoms with Crippen LogP contribution < -0.4 is 5.73 Å². The fourth-order valence-corrected chi connectivity index (χ4v) is 1.91. The number of carbonyl (C=O) groups is 3. The summed E-state index contributed by atoms with van der Waals surface area (Å²) in [5.41, 5.74) is 5.52. The molecule has 0 aromatic carbocycles. The summed E-state index contributed by atoms with van der Waals surface area (Å²) in [4.78, 5) is 34.1. The molecule has 0 saturated carbocycles. The molecule has 18 heavy (non-hydrogen) atoms. The maximum Gasteiger partial charge on any atom is 0.326 e. The Morgan fingerprint density at radius 3 is 2.44 bits per heavy atom. The van der Waals surface area contributed by atoms with Crippen molar-refractivity contribution < 1.29 is 29.7 Å².